The predicted octanol–water partition coefficient (Wildman–Crippen LogP) is 30.5. The molecule has 0 aliphatic rings. The summed E-state index contributed by atoms with van der Waals surface area (Å²) in [6.45, 7) is 0. The number of para-hydroxylation sites is 4. The van der Waals surface area contributed by atoms with Crippen LogP contribution in [-0.4, -0.2) is 21.1 Å². The third kappa shape index (κ3) is 19.0. The average molecular weight is 1560 g/mol. The molecular formula is C113H88N8. The number of benzene rings is 18. The fourth-order valence-corrected chi connectivity index (χ4v) is 15.1. The van der Waals surface area contributed by atoms with Gasteiger partial charge in [-0.2, -0.15) is 10.5 Å². The van der Waals surface area contributed by atoms with Gasteiger partial charge >= 0.3 is 0 Å². The van der Waals surface area contributed by atoms with E-state index in [1.165, 1.54) is 50.2 Å². The van der Waals surface area contributed by atoms with Crippen molar-refractivity contribution in [3.05, 3.63) is 490 Å². The van der Waals surface area contributed by atoms with Crippen LogP contribution < -0.4 is 29.4 Å². The topological polar surface area (TPSA) is 67.0 Å². The quantitative estimate of drug-likeness (QED) is 0.0705. The Morgan fingerprint density at radius 2 is 0.322 bits per heavy atom. The van der Waals surface area contributed by atoms with Gasteiger partial charge < -0.3 is 29.4 Å². The molecule has 0 aromatic heterocycles. The zero-order valence-corrected chi connectivity index (χ0v) is 67.7. The van der Waals surface area contributed by atoms with Crippen LogP contribution in [0.15, 0.2) is 479 Å². The van der Waals surface area contributed by atoms with E-state index in [0.717, 1.165) is 102 Å². The van der Waals surface area contributed by atoms with Gasteiger partial charge in [0.2, 0.25) is 0 Å². The monoisotopic (exact) mass is 1560 g/mol. The van der Waals surface area contributed by atoms with Crippen LogP contribution in [-0.2, 0) is 0 Å². The molecule has 0 fully saturated rings. The van der Waals surface area contributed by atoms with Crippen LogP contribution in [0, 0.1) is 22.7 Å². The first-order valence-electron chi connectivity index (χ1n) is 40.6. The van der Waals surface area contributed by atoms with Crippen LogP contribution in [0.3, 0.4) is 0 Å². The van der Waals surface area contributed by atoms with Crippen molar-refractivity contribution in [2.75, 3.05) is 50.5 Å². The third-order valence-corrected chi connectivity index (χ3v) is 21.7. The lowest BCUT2D eigenvalue weighted by Gasteiger charge is -2.26. The van der Waals surface area contributed by atoms with Gasteiger partial charge in [-0.15, -0.1) is 0 Å². The highest BCUT2D eigenvalue weighted by atomic mass is 15.2. The molecule has 8 nitrogen and oxygen atoms in total. The van der Waals surface area contributed by atoms with Crippen LogP contribution in [0.25, 0.3) is 66.8 Å². The van der Waals surface area contributed by atoms with Gasteiger partial charge in [0.05, 0.1) is 23.3 Å². The van der Waals surface area contributed by atoms with Gasteiger partial charge in [0.15, 0.2) is 0 Å². The first kappa shape index (κ1) is 78.6. The zero-order chi connectivity index (χ0) is 82.5. The Kier molecular flexibility index (Phi) is 24.7. The smallest absolute Gasteiger partial charge is 0.0992 e. The SMILES string of the molecule is CN(c1ccc(-c2ccc(N(c3ccccc3)c3ccc(-c4ccccc4)cc3)cc2)cc1)c1cccc(C#N)c1.CN(c1ccc(C#N)cc1)c1ccc(-c2ccc(N(c3ccccc3)c3ccc(-c4ccccc4)cc3)cc2)cc1.CN(c1ccccc1)c1ccc(-c2ccc(N(c3ccccc3)c3cccc(-c4ccccc4)c3)cc2)cc1. The molecule has 18 rings (SSSR count). The highest BCUT2D eigenvalue weighted by molar-refractivity contribution is 5.85. The lowest BCUT2D eigenvalue weighted by atomic mass is 10.0. The van der Waals surface area contributed by atoms with Crippen molar-refractivity contribution < 1.29 is 0 Å². The Bertz CT molecular complexity index is 6420. The fraction of sp³-hybridized carbons (Fsp3) is 0.0265. The Morgan fingerprint density at radius 1 is 0.140 bits per heavy atom. The lowest BCUT2D eigenvalue weighted by Crippen LogP contribution is -2.09. The van der Waals surface area contributed by atoms with E-state index in [-0.39, 0.29) is 0 Å². The van der Waals surface area contributed by atoms with E-state index in [9.17, 15) is 5.26 Å². The maximum Gasteiger partial charge on any atom is 0.0992 e. The van der Waals surface area contributed by atoms with Crippen LogP contribution in [0.2, 0.25) is 0 Å². The third-order valence-electron chi connectivity index (χ3n) is 21.7. The number of nitrogens with zero attached hydrogens (tertiary/aromatic N) is 8. The Balaban J connectivity index is 0.000000135. The predicted molar refractivity (Wildman–Crippen MR) is 509 cm³/mol. The average Bonchev–Trinajstić information content (AvgIpc) is 0.803. The molecule has 0 radical (unpaired) electrons. The van der Waals surface area contributed by atoms with Crippen LogP contribution in [0.1, 0.15) is 11.1 Å². The van der Waals surface area contributed by atoms with Gasteiger partial charge in [-0.25, -0.2) is 0 Å². The van der Waals surface area contributed by atoms with Crippen molar-refractivity contribution in [1.82, 2.24) is 0 Å². The van der Waals surface area contributed by atoms with E-state index in [1.807, 2.05) is 93.0 Å². The Labute approximate surface area is 711 Å². The van der Waals surface area contributed by atoms with Gasteiger partial charge in [-0.05, 0) is 267 Å². The number of anilines is 15. The van der Waals surface area contributed by atoms with Crippen molar-refractivity contribution in [2.24, 2.45) is 0 Å². The fourth-order valence-electron chi connectivity index (χ4n) is 15.1. The first-order chi connectivity index (χ1) is 59.6. The molecule has 0 saturated carbocycles. The molecule has 18 aromatic carbocycles. The number of hydrogen-bond donors (Lipinski definition) is 0. The van der Waals surface area contributed by atoms with Gasteiger partial charge in [0.25, 0.3) is 0 Å². The second-order valence-corrected chi connectivity index (χ2v) is 29.4. The van der Waals surface area contributed by atoms with E-state index >= 15 is 0 Å². The Morgan fingerprint density at radius 3 is 0.612 bits per heavy atom. The molecule has 0 aliphatic carbocycles. The van der Waals surface area contributed by atoms with E-state index in [2.05, 4.69) is 449 Å². The van der Waals surface area contributed by atoms with E-state index in [0.29, 0.717) is 11.1 Å². The van der Waals surface area contributed by atoms with Crippen LogP contribution >= 0.6 is 0 Å². The summed E-state index contributed by atoms with van der Waals surface area (Å²) in [6, 6.07) is 171. The molecule has 0 saturated heterocycles. The molecular weight excluding hydrogens is 1470 g/mol. The molecule has 0 bridgehead atoms. The first-order valence-corrected chi connectivity index (χ1v) is 40.6. The van der Waals surface area contributed by atoms with Gasteiger partial charge in [0.1, 0.15) is 0 Å². The molecule has 0 amide bonds. The summed E-state index contributed by atoms with van der Waals surface area (Å²) in [7, 11) is 6.16. The maximum atomic E-state index is 9.24. The molecule has 0 heterocycles. The number of hydrogen-bond acceptors (Lipinski definition) is 8. The summed E-state index contributed by atoms with van der Waals surface area (Å²) in [6.07, 6.45) is 0. The molecule has 0 atom stereocenters. The number of rotatable bonds is 21. The summed E-state index contributed by atoms with van der Waals surface area (Å²) < 4.78 is 0. The van der Waals surface area contributed by atoms with Crippen molar-refractivity contribution in [2.45, 2.75) is 0 Å². The highest BCUT2D eigenvalue weighted by Gasteiger charge is 2.19. The van der Waals surface area contributed by atoms with E-state index < -0.39 is 0 Å². The maximum absolute atomic E-state index is 9.24. The minimum Gasteiger partial charge on any atom is -0.345 e. The number of nitriles is 2. The molecule has 18 aromatic rings. The van der Waals surface area contributed by atoms with Crippen molar-refractivity contribution in [3.63, 3.8) is 0 Å². The summed E-state index contributed by atoms with van der Waals surface area (Å²) in [5.41, 5.74) is 32.1. The molecule has 8 heteroatoms. The second-order valence-electron chi connectivity index (χ2n) is 29.4. The minimum atomic E-state index is 0.655. The van der Waals surface area contributed by atoms with Gasteiger partial charge in [-0.1, -0.05) is 279 Å². The highest BCUT2D eigenvalue weighted by Crippen LogP contribution is 2.42. The zero-order valence-electron chi connectivity index (χ0n) is 67.7. The van der Waals surface area contributed by atoms with Gasteiger partial charge in [0, 0.05) is 106 Å². The molecule has 580 valence electrons. The lowest BCUT2D eigenvalue weighted by molar-refractivity contribution is 1.21. The van der Waals surface area contributed by atoms with Crippen LogP contribution in [0.4, 0.5) is 85.3 Å². The van der Waals surface area contributed by atoms with Gasteiger partial charge in [-0.3, -0.25) is 0 Å². The summed E-state index contributed by atoms with van der Waals surface area (Å²) in [5, 5.41) is 18.3. The molecule has 121 heavy (non-hydrogen) atoms. The summed E-state index contributed by atoms with van der Waals surface area (Å²) in [5.74, 6) is 0. The largest absolute Gasteiger partial charge is 0.345 e. The van der Waals surface area contributed by atoms with E-state index in [4.69, 9.17) is 5.26 Å². The van der Waals surface area contributed by atoms with Crippen molar-refractivity contribution in [3.8, 4) is 78.9 Å². The molecule has 0 aliphatic heterocycles. The Hall–Kier alpha value is -16.3. The molecule has 0 N–H and O–H groups in total. The normalized spacial score (nSPS) is 10.6. The van der Waals surface area contributed by atoms with Crippen molar-refractivity contribution >= 4 is 85.3 Å². The second kappa shape index (κ2) is 38.0. The molecule has 0 spiro atoms. The summed E-state index contributed by atoms with van der Waals surface area (Å²) >= 11 is 0. The molecule has 0 unspecified atom stereocenters. The van der Waals surface area contributed by atoms with Crippen molar-refractivity contribution in [1.29, 1.82) is 10.5 Å². The summed E-state index contributed by atoms with van der Waals surface area (Å²) in [4.78, 5) is 13.3. The van der Waals surface area contributed by atoms with Crippen LogP contribution in [0.5, 0.6) is 0 Å². The minimum absolute atomic E-state index is 0.655. The standard InChI is InChI=1S/2C38H29N3.C37H30N2/c1-40(38-14-8-9-29(27-38)28-39)34-21-15-32(16-22-34)33-19-25-37(26-20-33)41(35-12-6-3-7-13-35)36-23-17-31(18-24-36)30-10-4-2-5-11-30;1-40(34-20-12-29(28-39)13-21-34)35-22-14-32(15-23-35)33-18-26-38(27-19-33)41(36-10-6-3-7-11-36)37-24-16-31(17-25-37)30-8-4-2-5-9-30;1-38(33-15-7-3-8-16-33)34-24-20-30(21-25-34)31-22-26-36(27-23-31)39(35-17-9-4-10-18-35)37-19-11-14-32(28-37)29-12-5-2-6-13-29/h2*2-27H,1H3;2-28H,1H3. The van der Waals surface area contributed by atoms with E-state index in [1.54, 1.807) is 0 Å².